The van der Waals surface area contributed by atoms with Crippen molar-refractivity contribution in [2.24, 2.45) is 0 Å². The summed E-state index contributed by atoms with van der Waals surface area (Å²) >= 11 is 0. The second kappa shape index (κ2) is 8.82. The van der Waals surface area contributed by atoms with Crippen molar-refractivity contribution in [2.45, 2.75) is 25.6 Å². The van der Waals surface area contributed by atoms with Crippen molar-refractivity contribution in [3.05, 3.63) is 84.4 Å². The molecule has 3 nitrogen and oxygen atoms in total. The van der Waals surface area contributed by atoms with Crippen molar-refractivity contribution in [3.63, 3.8) is 0 Å². The quantitative estimate of drug-likeness (QED) is 0.538. The van der Waals surface area contributed by atoms with Crippen LogP contribution < -0.4 is 10.1 Å². The molecule has 0 spiro atoms. The van der Waals surface area contributed by atoms with Gasteiger partial charge in [-0.25, -0.2) is 0 Å². The largest absolute Gasteiger partial charge is 0.481 e. The van der Waals surface area contributed by atoms with Crippen LogP contribution in [0.4, 0.5) is 18.9 Å². The number of ether oxygens (including phenoxy) is 1. The number of carbonyl (C=O) groups excluding carboxylic acids is 1. The van der Waals surface area contributed by atoms with E-state index in [1.807, 2.05) is 42.5 Å². The second-order valence-corrected chi connectivity index (χ2v) is 6.47. The number of carbonyl (C=O) groups is 1. The van der Waals surface area contributed by atoms with E-state index in [0.29, 0.717) is 12.2 Å². The standard InChI is InChI=1S/C23H20F3NO2/c1-2-21(22(28)27-19-10-6-9-18(15-19)23(24,25)26)29-20-13-11-17(12-14-20)16-7-4-3-5-8-16/h3-15,21H,2H2,1H3,(H,27,28). The summed E-state index contributed by atoms with van der Waals surface area (Å²) in [5.74, 6) is 0.00897. The summed E-state index contributed by atoms with van der Waals surface area (Å²) in [5.41, 5.74) is 1.33. The number of nitrogens with one attached hydrogen (secondary N) is 1. The molecule has 0 saturated heterocycles. The van der Waals surface area contributed by atoms with E-state index in [2.05, 4.69) is 5.32 Å². The van der Waals surface area contributed by atoms with Crippen LogP contribution >= 0.6 is 0 Å². The lowest BCUT2D eigenvalue weighted by molar-refractivity contribution is -0.137. The van der Waals surface area contributed by atoms with Crippen molar-refractivity contribution in [1.82, 2.24) is 0 Å². The van der Waals surface area contributed by atoms with Crippen molar-refractivity contribution >= 4 is 11.6 Å². The molecular weight excluding hydrogens is 379 g/mol. The molecule has 0 saturated carbocycles. The predicted molar refractivity (Wildman–Crippen MR) is 107 cm³/mol. The molecule has 0 aliphatic rings. The Kier molecular flexibility index (Phi) is 6.22. The molecule has 1 unspecified atom stereocenters. The second-order valence-electron chi connectivity index (χ2n) is 6.47. The minimum Gasteiger partial charge on any atom is -0.481 e. The maximum Gasteiger partial charge on any atom is 0.416 e. The van der Waals surface area contributed by atoms with E-state index >= 15 is 0 Å². The van der Waals surface area contributed by atoms with Gasteiger partial charge in [0.15, 0.2) is 6.10 Å². The van der Waals surface area contributed by atoms with Crippen LogP contribution in [0, 0.1) is 0 Å². The fourth-order valence-electron chi connectivity index (χ4n) is 2.84. The Morgan fingerprint density at radius 1 is 0.931 bits per heavy atom. The van der Waals surface area contributed by atoms with Crippen LogP contribution in [-0.2, 0) is 11.0 Å². The first-order valence-corrected chi connectivity index (χ1v) is 9.17. The van der Waals surface area contributed by atoms with E-state index in [-0.39, 0.29) is 5.69 Å². The Morgan fingerprint density at radius 3 is 2.21 bits per heavy atom. The topological polar surface area (TPSA) is 38.3 Å². The normalized spacial score (nSPS) is 12.3. The number of hydrogen-bond donors (Lipinski definition) is 1. The summed E-state index contributed by atoms with van der Waals surface area (Å²) in [6.07, 6.45) is -4.93. The molecule has 1 N–H and O–H groups in total. The Bertz CT molecular complexity index is 954. The highest BCUT2D eigenvalue weighted by Crippen LogP contribution is 2.31. The molecule has 0 fully saturated rings. The van der Waals surface area contributed by atoms with E-state index in [0.717, 1.165) is 23.3 Å². The first-order chi connectivity index (χ1) is 13.9. The molecule has 0 aromatic heterocycles. The van der Waals surface area contributed by atoms with Crippen LogP contribution in [-0.4, -0.2) is 12.0 Å². The van der Waals surface area contributed by atoms with Gasteiger partial charge in [0.05, 0.1) is 5.56 Å². The Labute approximate surface area is 167 Å². The fourth-order valence-corrected chi connectivity index (χ4v) is 2.84. The van der Waals surface area contributed by atoms with Crippen molar-refractivity contribution in [1.29, 1.82) is 0 Å². The number of rotatable bonds is 6. The van der Waals surface area contributed by atoms with Crippen LogP contribution in [0.1, 0.15) is 18.9 Å². The predicted octanol–water partition coefficient (Wildman–Crippen LogP) is 6.17. The molecule has 0 radical (unpaired) electrons. The third kappa shape index (κ3) is 5.38. The number of amides is 1. The van der Waals surface area contributed by atoms with Crippen LogP contribution in [0.15, 0.2) is 78.9 Å². The van der Waals surface area contributed by atoms with E-state index in [9.17, 15) is 18.0 Å². The van der Waals surface area contributed by atoms with Crippen LogP contribution in [0.2, 0.25) is 0 Å². The van der Waals surface area contributed by atoms with Crippen LogP contribution in [0.25, 0.3) is 11.1 Å². The number of anilines is 1. The third-order valence-electron chi connectivity index (χ3n) is 4.36. The third-order valence-corrected chi connectivity index (χ3v) is 4.36. The molecule has 3 rings (SSSR count). The molecule has 29 heavy (non-hydrogen) atoms. The summed E-state index contributed by atoms with van der Waals surface area (Å²) in [6, 6.07) is 21.7. The molecule has 1 atom stereocenters. The van der Waals surface area contributed by atoms with Gasteiger partial charge in [-0.2, -0.15) is 13.2 Å². The lowest BCUT2D eigenvalue weighted by atomic mass is 10.1. The molecule has 0 aliphatic carbocycles. The minimum atomic E-state index is -4.47. The van der Waals surface area contributed by atoms with Crippen LogP contribution in [0.3, 0.4) is 0 Å². The minimum absolute atomic E-state index is 0.0753. The van der Waals surface area contributed by atoms with E-state index < -0.39 is 23.8 Å². The monoisotopic (exact) mass is 399 g/mol. The van der Waals surface area contributed by atoms with E-state index in [1.165, 1.54) is 12.1 Å². The zero-order valence-electron chi connectivity index (χ0n) is 15.7. The summed E-state index contributed by atoms with van der Waals surface area (Å²) in [6.45, 7) is 1.77. The summed E-state index contributed by atoms with van der Waals surface area (Å²) in [5, 5.41) is 2.50. The Balaban J connectivity index is 1.67. The average molecular weight is 399 g/mol. The van der Waals surface area contributed by atoms with Crippen LogP contribution in [0.5, 0.6) is 5.75 Å². The van der Waals surface area contributed by atoms with Crippen molar-refractivity contribution < 1.29 is 22.7 Å². The smallest absolute Gasteiger partial charge is 0.416 e. The molecule has 3 aromatic rings. The summed E-state index contributed by atoms with van der Waals surface area (Å²) < 4.78 is 44.3. The molecule has 6 heteroatoms. The molecule has 0 bridgehead atoms. The molecule has 150 valence electrons. The Hall–Kier alpha value is -3.28. The van der Waals surface area contributed by atoms with Gasteiger partial charge >= 0.3 is 6.18 Å². The van der Waals surface area contributed by atoms with E-state index in [1.54, 1.807) is 19.1 Å². The summed E-state index contributed by atoms with van der Waals surface area (Å²) in [4.78, 5) is 12.5. The average Bonchev–Trinajstić information content (AvgIpc) is 2.72. The van der Waals surface area contributed by atoms with Gasteiger partial charge in [0.2, 0.25) is 0 Å². The highest BCUT2D eigenvalue weighted by molar-refractivity contribution is 5.94. The zero-order valence-corrected chi connectivity index (χ0v) is 15.7. The molecule has 0 aliphatic heterocycles. The van der Waals surface area contributed by atoms with Crippen molar-refractivity contribution in [2.75, 3.05) is 5.32 Å². The Morgan fingerprint density at radius 2 is 1.59 bits per heavy atom. The summed E-state index contributed by atoms with van der Waals surface area (Å²) in [7, 11) is 0. The maximum absolute atomic E-state index is 12.8. The lowest BCUT2D eigenvalue weighted by Crippen LogP contribution is -2.32. The SMILES string of the molecule is CCC(Oc1ccc(-c2ccccc2)cc1)C(=O)Nc1cccc(C(F)(F)F)c1. The van der Waals surface area contributed by atoms with Gasteiger partial charge in [0.1, 0.15) is 5.75 Å². The first kappa shape index (κ1) is 20.5. The highest BCUT2D eigenvalue weighted by Gasteiger charge is 2.30. The van der Waals surface area contributed by atoms with Crippen molar-refractivity contribution in [3.8, 4) is 16.9 Å². The van der Waals surface area contributed by atoms with Gasteiger partial charge in [-0.05, 0) is 47.9 Å². The number of benzene rings is 3. The fraction of sp³-hybridized carbons (Fsp3) is 0.174. The number of hydrogen-bond acceptors (Lipinski definition) is 2. The number of halogens is 3. The first-order valence-electron chi connectivity index (χ1n) is 9.17. The van der Waals surface area contributed by atoms with Gasteiger partial charge in [0, 0.05) is 5.69 Å². The van der Waals surface area contributed by atoms with Gasteiger partial charge in [-0.3, -0.25) is 4.79 Å². The van der Waals surface area contributed by atoms with Gasteiger partial charge in [0.25, 0.3) is 5.91 Å². The molecular formula is C23H20F3NO2. The maximum atomic E-state index is 12.8. The highest BCUT2D eigenvalue weighted by atomic mass is 19.4. The van der Waals surface area contributed by atoms with Gasteiger partial charge < -0.3 is 10.1 Å². The molecule has 0 heterocycles. The zero-order chi connectivity index (χ0) is 20.9. The van der Waals surface area contributed by atoms with E-state index in [4.69, 9.17) is 4.74 Å². The van der Waals surface area contributed by atoms with Gasteiger partial charge in [-0.15, -0.1) is 0 Å². The molecule has 1 amide bonds. The van der Waals surface area contributed by atoms with Gasteiger partial charge in [-0.1, -0.05) is 55.5 Å². The number of alkyl halides is 3. The molecule has 3 aromatic carbocycles. The lowest BCUT2D eigenvalue weighted by Gasteiger charge is -2.18.